The number of piperidine rings is 1. The fourth-order valence-corrected chi connectivity index (χ4v) is 4.64. The van der Waals surface area contributed by atoms with Crippen molar-refractivity contribution in [1.29, 1.82) is 0 Å². The van der Waals surface area contributed by atoms with Crippen molar-refractivity contribution in [3.8, 4) is 5.75 Å². The molecule has 2 atom stereocenters. The Labute approximate surface area is 160 Å². The number of carbonyl (C=O) groups excluding carboxylic acids is 1. The van der Waals surface area contributed by atoms with Gasteiger partial charge in [-0.05, 0) is 49.6 Å². The van der Waals surface area contributed by atoms with Gasteiger partial charge >= 0.3 is 0 Å². The maximum Gasteiger partial charge on any atom is 0.220 e. The Hall–Kier alpha value is -2.40. The lowest BCUT2D eigenvalue weighted by Gasteiger charge is -2.39. The molecule has 0 bridgehead atoms. The molecule has 5 heteroatoms. The molecule has 1 aromatic heterocycles. The summed E-state index contributed by atoms with van der Waals surface area (Å²) >= 11 is 0. The number of pyridine rings is 1. The number of amides is 1. The van der Waals surface area contributed by atoms with E-state index in [1.807, 2.05) is 25.1 Å². The summed E-state index contributed by atoms with van der Waals surface area (Å²) < 4.78 is 5.36. The first-order chi connectivity index (χ1) is 13.1. The van der Waals surface area contributed by atoms with Gasteiger partial charge in [0.25, 0.3) is 0 Å². The van der Waals surface area contributed by atoms with Crippen molar-refractivity contribution in [1.82, 2.24) is 15.2 Å². The molecule has 3 heterocycles. The zero-order valence-electron chi connectivity index (χ0n) is 16.1. The Balaban J connectivity index is 1.61. The molecule has 27 heavy (non-hydrogen) atoms. The SMILES string of the molecule is COc1cccc(CN2C[C@@H](c3cccc(C)n3)[C@@]3(CCCC(=O)N3)C2)c1. The lowest BCUT2D eigenvalue weighted by atomic mass is 9.78. The predicted molar refractivity (Wildman–Crippen MR) is 105 cm³/mol. The Kier molecular flexibility index (Phi) is 4.87. The molecule has 0 unspecified atom stereocenters. The minimum Gasteiger partial charge on any atom is -0.497 e. The van der Waals surface area contributed by atoms with Gasteiger partial charge in [-0.2, -0.15) is 0 Å². The molecule has 0 saturated carbocycles. The number of rotatable bonds is 4. The van der Waals surface area contributed by atoms with Gasteiger partial charge < -0.3 is 10.1 Å². The van der Waals surface area contributed by atoms with Gasteiger partial charge in [-0.3, -0.25) is 14.7 Å². The summed E-state index contributed by atoms with van der Waals surface area (Å²) in [6.07, 6.45) is 2.58. The van der Waals surface area contributed by atoms with Crippen LogP contribution in [0.4, 0.5) is 0 Å². The van der Waals surface area contributed by atoms with Gasteiger partial charge in [0.2, 0.25) is 5.91 Å². The van der Waals surface area contributed by atoms with Crippen molar-refractivity contribution in [3.05, 3.63) is 59.4 Å². The number of methoxy groups -OCH3 is 1. The van der Waals surface area contributed by atoms with Crippen LogP contribution in [0.1, 0.15) is 42.1 Å². The highest BCUT2D eigenvalue weighted by Gasteiger charge is 2.49. The standard InChI is InChI=1S/C22H27N3O2/c1-16-6-3-9-20(23-16)19-14-25(13-17-7-4-8-18(12-17)27-2)15-22(19)11-5-10-21(26)24-22/h3-4,6-9,12,19H,5,10-11,13-15H2,1-2H3,(H,24,26)/t19-,22+/m0/s1. The molecule has 2 saturated heterocycles. The Bertz CT molecular complexity index is 838. The molecule has 2 fully saturated rings. The van der Waals surface area contributed by atoms with Crippen molar-refractivity contribution in [3.63, 3.8) is 0 Å². The van der Waals surface area contributed by atoms with E-state index < -0.39 is 0 Å². The van der Waals surface area contributed by atoms with Crippen LogP contribution < -0.4 is 10.1 Å². The number of aromatic nitrogens is 1. The Morgan fingerprint density at radius 2 is 2.15 bits per heavy atom. The second kappa shape index (κ2) is 7.31. The van der Waals surface area contributed by atoms with Crippen LogP contribution in [-0.4, -0.2) is 41.5 Å². The van der Waals surface area contributed by atoms with E-state index in [0.717, 1.165) is 49.6 Å². The summed E-state index contributed by atoms with van der Waals surface area (Å²) in [6.45, 7) is 4.62. The minimum absolute atomic E-state index is 0.169. The maximum absolute atomic E-state index is 12.2. The average molecular weight is 365 g/mol. The van der Waals surface area contributed by atoms with Crippen LogP contribution in [0.2, 0.25) is 0 Å². The largest absolute Gasteiger partial charge is 0.497 e. The number of aryl methyl sites for hydroxylation is 1. The maximum atomic E-state index is 12.2. The van der Waals surface area contributed by atoms with Crippen molar-refractivity contribution in [2.75, 3.05) is 20.2 Å². The molecule has 4 rings (SSSR count). The summed E-state index contributed by atoms with van der Waals surface area (Å²) in [6, 6.07) is 14.4. The lowest BCUT2D eigenvalue weighted by Crippen LogP contribution is -2.56. The number of nitrogens with zero attached hydrogens (tertiary/aromatic N) is 2. The van der Waals surface area contributed by atoms with Gasteiger partial charge in [-0.1, -0.05) is 18.2 Å². The highest BCUT2D eigenvalue weighted by atomic mass is 16.5. The zero-order chi connectivity index (χ0) is 18.9. The van der Waals surface area contributed by atoms with E-state index in [0.29, 0.717) is 6.42 Å². The normalized spacial score (nSPS) is 25.6. The predicted octanol–water partition coefficient (Wildman–Crippen LogP) is 3.04. The Morgan fingerprint density at radius 1 is 1.30 bits per heavy atom. The van der Waals surface area contributed by atoms with Gasteiger partial charge in [0.05, 0.1) is 12.6 Å². The van der Waals surface area contributed by atoms with Gasteiger partial charge in [0.1, 0.15) is 5.75 Å². The summed E-state index contributed by atoms with van der Waals surface area (Å²) in [5.41, 5.74) is 3.13. The first-order valence-corrected chi connectivity index (χ1v) is 9.68. The smallest absolute Gasteiger partial charge is 0.220 e. The number of likely N-dealkylation sites (tertiary alicyclic amines) is 1. The molecule has 142 valence electrons. The molecule has 1 spiro atoms. The van der Waals surface area contributed by atoms with E-state index in [1.165, 1.54) is 5.56 Å². The van der Waals surface area contributed by atoms with Crippen LogP contribution in [0, 0.1) is 6.92 Å². The molecule has 2 aromatic rings. The highest BCUT2D eigenvalue weighted by Crippen LogP contribution is 2.41. The van der Waals surface area contributed by atoms with E-state index in [9.17, 15) is 4.79 Å². The summed E-state index contributed by atoms with van der Waals surface area (Å²) in [7, 11) is 1.70. The third kappa shape index (κ3) is 3.69. The first-order valence-electron chi connectivity index (χ1n) is 9.68. The summed E-state index contributed by atoms with van der Waals surface area (Å²) in [5.74, 6) is 1.26. The van der Waals surface area contributed by atoms with E-state index >= 15 is 0 Å². The van der Waals surface area contributed by atoms with Gasteiger partial charge in [-0.25, -0.2) is 0 Å². The molecular weight excluding hydrogens is 338 g/mol. The summed E-state index contributed by atoms with van der Waals surface area (Å²) in [5, 5.41) is 3.35. The van der Waals surface area contributed by atoms with Crippen LogP contribution in [0.5, 0.6) is 5.75 Å². The zero-order valence-corrected chi connectivity index (χ0v) is 16.1. The third-order valence-corrected chi connectivity index (χ3v) is 5.84. The fourth-order valence-electron chi connectivity index (χ4n) is 4.64. The first kappa shape index (κ1) is 18.0. The molecule has 2 aliphatic rings. The number of carbonyl (C=O) groups is 1. The van der Waals surface area contributed by atoms with Crippen LogP contribution in [0.15, 0.2) is 42.5 Å². The van der Waals surface area contributed by atoms with E-state index in [4.69, 9.17) is 9.72 Å². The Morgan fingerprint density at radius 3 is 2.93 bits per heavy atom. The molecule has 1 amide bonds. The van der Waals surface area contributed by atoms with Gasteiger partial charge in [0, 0.05) is 43.4 Å². The van der Waals surface area contributed by atoms with Crippen LogP contribution in [-0.2, 0) is 11.3 Å². The van der Waals surface area contributed by atoms with E-state index in [2.05, 4.69) is 34.5 Å². The molecule has 1 N–H and O–H groups in total. The molecular formula is C22H27N3O2. The van der Waals surface area contributed by atoms with Gasteiger partial charge in [0.15, 0.2) is 0 Å². The number of nitrogens with one attached hydrogen (secondary N) is 1. The van der Waals surface area contributed by atoms with Crippen LogP contribution >= 0.6 is 0 Å². The lowest BCUT2D eigenvalue weighted by molar-refractivity contribution is -0.125. The quantitative estimate of drug-likeness (QED) is 0.905. The second-order valence-corrected chi connectivity index (χ2v) is 7.84. The molecule has 2 aliphatic heterocycles. The summed E-state index contributed by atoms with van der Waals surface area (Å²) in [4.78, 5) is 19.5. The third-order valence-electron chi connectivity index (χ3n) is 5.84. The minimum atomic E-state index is -0.213. The number of ether oxygens (including phenoxy) is 1. The van der Waals surface area contributed by atoms with E-state index in [-0.39, 0.29) is 17.4 Å². The molecule has 5 nitrogen and oxygen atoms in total. The second-order valence-electron chi connectivity index (χ2n) is 7.84. The topological polar surface area (TPSA) is 54.5 Å². The average Bonchev–Trinajstić information content (AvgIpc) is 2.98. The highest BCUT2D eigenvalue weighted by molar-refractivity contribution is 5.78. The molecule has 1 aromatic carbocycles. The molecule has 0 radical (unpaired) electrons. The van der Waals surface area contributed by atoms with E-state index in [1.54, 1.807) is 7.11 Å². The number of benzene rings is 1. The van der Waals surface area contributed by atoms with Crippen LogP contribution in [0.25, 0.3) is 0 Å². The fraction of sp³-hybridized carbons (Fsp3) is 0.455. The van der Waals surface area contributed by atoms with Gasteiger partial charge in [-0.15, -0.1) is 0 Å². The molecule has 0 aliphatic carbocycles. The van der Waals surface area contributed by atoms with Crippen molar-refractivity contribution >= 4 is 5.91 Å². The monoisotopic (exact) mass is 365 g/mol. The number of hydrogen-bond donors (Lipinski definition) is 1. The van der Waals surface area contributed by atoms with Crippen molar-refractivity contribution in [2.45, 2.75) is 44.2 Å². The van der Waals surface area contributed by atoms with Crippen LogP contribution in [0.3, 0.4) is 0 Å². The van der Waals surface area contributed by atoms with Crippen molar-refractivity contribution < 1.29 is 9.53 Å². The van der Waals surface area contributed by atoms with Crippen molar-refractivity contribution in [2.24, 2.45) is 0 Å². The number of hydrogen-bond acceptors (Lipinski definition) is 4.